The second-order valence-electron chi connectivity index (χ2n) is 10.5. The van der Waals surface area contributed by atoms with Crippen LogP contribution in [-0.4, -0.2) is 57.4 Å². The Kier molecular flexibility index (Phi) is 14.4. The minimum atomic E-state index is -0.542. The monoisotopic (exact) mass is 629 g/mol. The lowest BCUT2D eigenvalue weighted by molar-refractivity contribution is -0.125. The summed E-state index contributed by atoms with van der Waals surface area (Å²) in [6.07, 6.45) is 3.14. The Morgan fingerprint density at radius 3 is 2.39 bits per heavy atom. The number of thioether (sulfide) groups is 1. The number of aliphatic hydroxyl groups excluding tert-OH is 1. The molecule has 2 aromatic heterocycles. The van der Waals surface area contributed by atoms with Crippen molar-refractivity contribution in [3.8, 4) is 11.4 Å². The largest absolute Gasteiger partial charge is 0.389 e. The fourth-order valence-corrected chi connectivity index (χ4v) is 5.87. The van der Waals surface area contributed by atoms with Crippen LogP contribution in [0.15, 0.2) is 16.9 Å². The minimum absolute atomic E-state index is 0.0144. The van der Waals surface area contributed by atoms with Gasteiger partial charge in [0, 0.05) is 29.7 Å². The van der Waals surface area contributed by atoms with Crippen LogP contribution in [0.4, 0.5) is 4.39 Å². The van der Waals surface area contributed by atoms with Crippen molar-refractivity contribution in [2.75, 3.05) is 19.5 Å². The van der Waals surface area contributed by atoms with E-state index in [9.17, 15) is 18.8 Å². The zero-order valence-electron chi connectivity index (χ0n) is 26.7. The summed E-state index contributed by atoms with van der Waals surface area (Å²) in [5.41, 5.74) is 13.0. The van der Waals surface area contributed by atoms with Gasteiger partial charge in [-0.15, -0.1) is 0 Å². The Hall–Kier alpha value is -3.41. The number of nitrogens with two attached hydrogens (primary N) is 1. The van der Waals surface area contributed by atoms with Crippen LogP contribution in [0.1, 0.15) is 73.9 Å². The summed E-state index contributed by atoms with van der Waals surface area (Å²) in [5, 5.41) is 9.04. The van der Waals surface area contributed by atoms with Crippen LogP contribution in [0.25, 0.3) is 22.3 Å². The number of aryl methyl sites for hydroxylation is 3. The molecule has 44 heavy (non-hydrogen) atoms. The quantitative estimate of drug-likeness (QED) is 0.213. The van der Waals surface area contributed by atoms with Crippen molar-refractivity contribution in [3.05, 3.63) is 61.7 Å². The van der Waals surface area contributed by atoms with Gasteiger partial charge in [-0.2, -0.15) is 11.8 Å². The molecule has 1 aromatic carbocycles. The van der Waals surface area contributed by atoms with E-state index in [-0.39, 0.29) is 30.2 Å². The van der Waals surface area contributed by atoms with Crippen molar-refractivity contribution >= 4 is 40.6 Å². The zero-order valence-corrected chi connectivity index (χ0v) is 27.5. The molecule has 0 atom stereocenters. The molecule has 3 heterocycles. The van der Waals surface area contributed by atoms with Crippen molar-refractivity contribution in [2.24, 2.45) is 5.73 Å². The molecule has 0 saturated heterocycles. The van der Waals surface area contributed by atoms with Crippen LogP contribution in [0.3, 0.4) is 0 Å². The lowest BCUT2D eigenvalue weighted by Crippen LogP contribution is -2.24. The summed E-state index contributed by atoms with van der Waals surface area (Å²) in [4.78, 5) is 47.9. The van der Waals surface area contributed by atoms with Crippen LogP contribution in [0.2, 0.25) is 0 Å². The number of ketones is 1. The Morgan fingerprint density at radius 1 is 1.18 bits per heavy atom. The number of aliphatic hydroxyl groups is 1. The number of halogens is 1. The number of amides is 1. The Morgan fingerprint density at radius 2 is 1.82 bits per heavy atom. The van der Waals surface area contributed by atoms with Gasteiger partial charge in [-0.25, -0.2) is 9.37 Å². The number of aldehydes is 1. The van der Waals surface area contributed by atoms with E-state index < -0.39 is 5.91 Å². The van der Waals surface area contributed by atoms with E-state index in [1.54, 1.807) is 17.7 Å². The molecule has 5 rings (SSSR count). The number of hydrogen-bond acceptors (Lipinski definition) is 8. The van der Waals surface area contributed by atoms with E-state index in [2.05, 4.69) is 0 Å². The zero-order chi connectivity index (χ0) is 33.1. The molecule has 0 saturated carbocycles. The Balaban J connectivity index is 0.000000334. The van der Waals surface area contributed by atoms with Crippen molar-refractivity contribution in [2.45, 2.75) is 85.6 Å². The molecule has 2 aliphatic rings. The predicted octanol–water partition coefficient (Wildman–Crippen LogP) is 4.59. The number of primary amides is 1. The summed E-state index contributed by atoms with van der Waals surface area (Å²) in [6, 6.07) is 3.57. The highest BCUT2D eigenvalue weighted by atomic mass is 32.2. The minimum Gasteiger partial charge on any atom is -0.389 e. The first-order valence-corrected chi connectivity index (χ1v) is 15.8. The maximum absolute atomic E-state index is 14.5. The van der Waals surface area contributed by atoms with E-state index >= 15 is 0 Å². The molecule has 0 radical (unpaired) electrons. The van der Waals surface area contributed by atoms with Crippen molar-refractivity contribution in [1.29, 1.82) is 0 Å². The maximum Gasteiger partial charge on any atom is 0.257 e. The van der Waals surface area contributed by atoms with Crippen LogP contribution < -0.4 is 11.3 Å². The summed E-state index contributed by atoms with van der Waals surface area (Å²) < 4.78 is 21.5. The molecule has 11 heteroatoms. The van der Waals surface area contributed by atoms with Crippen molar-refractivity contribution in [3.63, 3.8) is 0 Å². The number of fused-ring (bicyclic) bond motifs is 4. The van der Waals surface area contributed by atoms with Gasteiger partial charge in [0.1, 0.15) is 12.1 Å². The van der Waals surface area contributed by atoms with E-state index in [1.165, 1.54) is 17.3 Å². The average Bonchev–Trinajstić information content (AvgIpc) is 3.36. The van der Waals surface area contributed by atoms with Gasteiger partial charge < -0.3 is 24.9 Å². The number of aromatic nitrogens is 2. The number of benzene rings is 1. The molecule has 9 nitrogen and oxygen atoms in total. The average molecular weight is 630 g/mol. The van der Waals surface area contributed by atoms with Crippen LogP contribution in [0, 0.1) is 19.7 Å². The molecule has 1 aliphatic heterocycles. The predicted molar refractivity (Wildman–Crippen MR) is 174 cm³/mol. The van der Waals surface area contributed by atoms with Gasteiger partial charge in [-0.3, -0.25) is 14.4 Å². The van der Waals surface area contributed by atoms with E-state index in [1.807, 2.05) is 47.6 Å². The molecule has 240 valence electrons. The first-order chi connectivity index (χ1) is 20.9. The molecular formula is C33H44FN3O6S. The highest BCUT2D eigenvalue weighted by Gasteiger charge is 2.30. The number of ether oxygens (including phenoxy) is 1. The second kappa shape index (κ2) is 17.2. The maximum atomic E-state index is 14.5. The molecule has 0 bridgehead atoms. The molecular weight excluding hydrogens is 585 g/mol. The summed E-state index contributed by atoms with van der Waals surface area (Å²) in [6.45, 7) is 12.3. The molecule has 1 aliphatic carbocycles. The lowest BCUT2D eigenvalue weighted by atomic mass is 9.85. The molecule has 3 N–H and O–H groups in total. The number of Topliss-reactive ketones (excluding diaryl/α,β-unsaturated/α-hetero) is 1. The Bertz CT molecular complexity index is 1570. The smallest absolute Gasteiger partial charge is 0.257 e. The fraction of sp³-hybridized carbons (Fsp3) is 0.485. The normalized spacial score (nSPS) is 12.1. The number of methoxy groups -OCH3 is 1. The molecule has 0 spiro atoms. The first kappa shape index (κ1) is 36.8. The summed E-state index contributed by atoms with van der Waals surface area (Å²) >= 11 is 1.52. The number of pyridine rings is 2. The standard InChI is InChI=1S/C22H21FN2O2.C7H13NO2S.C2H4O2.C2H6/c1-11-7-19-21-15(9-25(19)22(26)16(11)10-27-3)14-6-4-5-13-12(2)17(23)8-18(24-21)20(13)14;1-5(2)11-4-6(9)3-7(8)10;3-1-2-4;1-2/h7-8H,4-6,9-10H2,1-3H3;5H,3-4H2,1-2H3,(H2,8,10);1,4H,2H2;1-2H3. The number of hydrogen-bond donors (Lipinski definition) is 2. The summed E-state index contributed by atoms with van der Waals surface area (Å²) in [7, 11) is 1.60. The van der Waals surface area contributed by atoms with Gasteiger partial charge in [0.2, 0.25) is 5.91 Å². The number of rotatable bonds is 8. The highest BCUT2D eigenvalue weighted by Crippen LogP contribution is 2.41. The lowest BCUT2D eigenvalue weighted by Gasteiger charge is -2.21. The number of carbonyl (C=O) groups excluding carboxylic acids is 3. The first-order valence-electron chi connectivity index (χ1n) is 14.8. The number of carbonyl (C=O) groups is 3. The van der Waals surface area contributed by atoms with Gasteiger partial charge in [0.25, 0.3) is 5.56 Å². The van der Waals surface area contributed by atoms with Crippen molar-refractivity contribution in [1.82, 2.24) is 9.55 Å². The Labute approximate surface area is 262 Å². The van der Waals surface area contributed by atoms with Gasteiger partial charge in [-0.1, -0.05) is 27.7 Å². The third-order valence-corrected chi connectivity index (χ3v) is 8.32. The van der Waals surface area contributed by atoms with Gasteiger partial charge in [0.15, 0.2) is 5.78 Å². The summed E-state index contributed by atoms with van der Waals surface area (Å²) in [5.74, 6) is -0.434. The van der Waals surface area contributed by atoms with Crippen LogP contribution in [0.5, 0.6) is 0 Å². The SMILES string of the molecule is CC.CC(C)SCC(=O)CC(N)=O.COCc1c(C)cc2n(c1=O)Cc1c-2nc2cc(F)c(C)c3c2c1CCC3.O=CCO. The molecule has 3 aromatic rings. The highest BCUT2D eigenvalue weighted by molar-refractivity contribution is 8.00. The van der Waals surface area contributed by atoms with E-state index in [4.69, 9.17) is 25.4 Å². The van der Waals surface area contributed by atoms with Gasteiger partial charge >= 0.3 is 0 Å². The molecule has 0 unspecified atom stereocenters. The van der Waals surface area contributed by atoms with E-state index in [0.717, 1.165) is 58.3 Å². The number of nitrogens with zero attached hydrogens (tertiary/aromatic N) is 2. The fourth-order valence-electron chi connectivity index (χ4n) is 5.25. The van der Waals surface area contributed by atoms with Gasteiger partial charge in [0.05, 0.1) is 48.8 Å². The molecule has 1 amide bonds. The second-order valence-corrected chi connectivity index (χ2v) is 12.1. The third-order valence-electron chi connectivity index (χ3n) is 7.16. The topological polar surface area (TPSA) is 142 Å². The third kappa shape index (κ3) is 8.61. The van der Waals surface area contributed by atoms with Gasteiger partial charge in [-0.05, 0) is 66.7 Å². The van der Waals surface area contributed by atoms with Crippen LogP contribution >= 0.6 is 11.8 Å². The molecule has 0 fully saturated rings. The van der Waals surface area contributed by atoms with Crippen molar-refractivity contribution < 1.29 is 28.6 Å². The van der Waals surface area contributed by atoms with E-state index in [0.29, 0.717) is 41.5 Å². The van der Waals surface area contributed by atoms with Crippen LogP contribution in [-0.2, 0) is 45.1 Å².